The number of hydrogen-bond donors (Lipinski definition) is 1. The third-order valence-corrected chi connectivity index (χ3v) is 0.977. The van der Waals surface area contributed by atoms with E-state index in [1.165, 1.54) is 0 Å². The summed E-state index contributed by atoms with van der Waals surface area (Å²) in [5.41, 5.74) is -0.123. The first-order valence-electron chi connectivity index (χ1n) is 3.85. The molecular formula is C8H18O3. The van der Waals surface area contributed by atoms with Gasteiger partial charge in [-0.05, 0) is 27.7 Å². The molecule has 68 valence electrons. The van der Waals surface area contributed by atoms with Crippen molar-refractivity contribution in [3.8, 4) is 0 Å². The summed E-state index contributed by atoms with van der Waals surface area (Å²) in [6, 6.07) is 0. The second-order valence-corrected chi connectivity index (χ2v) is 3.43. The minimum Gasteiger partial charge on any atom is -0.373 e. The van der Waals surface area contributed by atoms with E-state index >= 15 is 0 Å². The normalized spacial score (nSPS) is 15.0. The molecule has 0 heterocycles. The van der Waals surface area contributed by atoms with E-state index in [9.17, 15) is 0 Å². The lowest BCUT2D eigenvalue weighted by atomic mass is 10.2. The first-order chi connectivity index (χ1) is 4.92. The third kappa shape index (κ3) is 9.88. The maximum absolute atomic E-state index is 8.70. The van der Waals surface area contributed by atoms with Gasteiger partial charge in [-0.3, -0.25) is 0 Å². The molecule has 0 aliphatic carbocycles. The van der Waals surface area contributed by atoms with Crippen LogP contribution in [-0.4, -0.2) is 30.2 Å². The van der Waals surface area contributed by atoms with Gasteiger partial charge in [-0.1, -0.05) is 0 Å². The van der Waals surface area contributed by atoms with Crippen molar-refractivity contribution in [3.05, 3.63) is 0 Å². The van der Waals surface area contributed by atoms with Crippen LogP contribution in [0, 0.1) is 0 Å². The Morgan fingerprint density at radius 1 is 1.27 bits per heavy atom. The number of ether oxygens (including phenoxy) is 2. The predicted octanol–water partition coefficient (Wildman–Crippen LogP) is 1.16. The van der Waals surface area contributed by atoms with E-state index in [1.54, 1.807) is 6.92 Å². The zero-order chi connectivity index (χ0) is 8.91. The van der Waals surface area contributed by atoms with Gasteiger partial charge in [0.05, 0.1) is 18.8 Å². The Hall–Kier alpha value is -0.120. The Bertz CT molecular complexity index is 94.0. The molecule has 3 nitrogen and oxygen atoms in total. The Balaban J connectivity index is 3.15. The molecule has 0 aliphatic rings. The van der Waals surface area contributed by atoms with Crippen molar-refractivity contribution in [2.45, 2.75) is 39.6 Å². The summed E-state index contributed by atoms with van der Waals surface area (Å²) in [4.78, 5) is 0. The highest BCUT2D eigenvalue weighted by Crippen LogP contribution is 2.05. The molecule has 1 atom stereocenters. The Kier molecular flexibility index (Phi) is 4.65. The summed E-state index contributed by atoms with van der Waals surface area (Å²) in [6.07, 6.45) is -0.696. The lowest BCUT2D eigenvalue weighted by molar-refractivity contribution is -0.114. The van der Waals surface area contributed by atoms with Crippen LogP contribution in [0.3, 0.4) is 0 Å². The number of rotatable bonds is 4. The van der Waals surface area contributed by atoms with Gasteiger partial charge in [-0.15, -0.1) is 0 Å². The average Bonchev–Trinajstić information content (AvgIpc) is 1.78. The molecule has 0 saturated carbocycles. The minimum absolute atomic E-state index is 0.123. The van der Waals surface area contributed by atoms with Gasteiger partial charge in [-0.2, -0.15) is 0 Å². The molecular weight excluding hydrogens is 144 g/mol. The Morgan fingerprint density at radius 3 is 2.18 bits per heavy atom. The zero-order valence-electron chi connectivity index (χ0n) is 7.76. The molecule has 0 spiro atoms. The fourth-order valence-electron chi connectivity index (χ4n) is 0.567. The molecule has 1 unspecified atom stereocenters. The van der Waals surface area contributed by atoms with Crippen LogP contribution in [0.15, 0.2) is 0 Å². The topological polar surface area (TPSA) is 38.7 Å². The molecule has 1 N–H and O–H groups in total. The summed E-state index contributed by atoms with van der Waals surface area (Å²) in [5, 5.41) is 8.70. The molecule has 0 amide bonds. The predicted molar refractivity (Wildman–Crippen MR) is 43.3 cm³/mol. The molecule has 0 aliphatic heterocycles. The van der Waals surface area contributed by atoms with Crippen LogP contribution < -0.4 is 0 Å². The van der Waals surface area contributed by atoms with Gasteiger partial charge in [0.1, 0.15) is 0 Å². The van der Waals surface area contributed by atoms with E-state index in [2.05, 4.69) is 0 Å². The van der Waals surface area contributed by atoms with E-state index in [0.717, 1.165) is 0 Å². The van der Waals surface area contributed by atoms with Gasteiger partial charge in [0.15, 0.2) is 6.29 Å². The number of aliphatic hydroxyl groups is 1. The highest BCUT2D eigenvalue weighted by molar-refractivity contribution is 4.57. The lowest BCUT2D eigenvalue weighted by Gasteiger charge is -2.19. The van der Waals surface area contributed by atoms with E-state index in [0.29, 0.717) is 13.2 Å². The molecule has 0 fully saturated rings. The average molecular weight is 162 g/mol. The van der Waals surface area contributed by atoms with E-state index in [1.807, 2.05) is 20.8 Å². The van der Waals surface area contributed by atoms with E-state index < -0.39 is 6.29 Å². The standard InChI is InChI=1S/C8H18O3/c1-7(9)10-5-6-11-8(2,3)4/h7,9H,5-6H2,1-4H3. The molecule has 0 aromatic carbocycles. The summed E-state index contributed by atoms with van der Waals surface area (Å²) in [5.74, 6) is 0. The van der Waals surface area contributed by atoms with E-state index in [-0.39, 0.29) is 5.60 Å². The number of aliphatic hydroxyl groups excluding tert-OH is 1. The second-order valence-electron chi connectivity index (χ2n) is 3.43. The molecule has 11 heavy (non-hydrogen) atoms. The summed E-state index contributed by atoms with van der Waals surface area (Å²) >= 11 is 0. The molecule has 0 bridgehead atoms. The maximum atomic E-state index is 8.70. The van der Waals surface area contributed by atoms with Crippen molar-refractivity contribution in [2.24, 2.45) is 0 Å². The van der Waals surface area contributed by atoms with Crippen LogP contribution in [0.1, 0.15) is 27.7 Å². The van der Waals surface area contributed by atoms with Crippen molar-refractivity contribution in [1.29, 1.82) is 0 Å². The van der Waals surface area contributed by atoms with Gasteiger partial charge in [0.2, 0.25) is 0 Å². The van der Waals surface area contributed by atoms with Gasteiger partial charge >= 0.3 is 0 Å². The molecule has 0 rings (SSSR count). The molecule has 0 saturated heterocycles. The minimum atomic E-state index is -0.696. The van der Waals surface area contributed by atoms with Gasteiger partial charge < -0.3 is 14.6 Å². The second kappa shape index (κ2) is 4.70. The van der Waals surface area contributed by atoms with Crippen LogP contribution in [0.5, 0.6) is 0 Å². The molecule has 0 radical (unpaired) electrons. The van der Waals surface area contributed by atoms with Crippen LogP contribution in [0.4, 0.5) is 0 Å². The summed E-state index contributed by atoms with van der Waals surface area (Å²) in [6.45, 7) is 8.49. The van der Waals surface area contributed by atoms with Gasteiger partial charge in [0, 0.05) is 0 Å². The summed E-state index contributed by atoms with van der Waals surface area (Å²) in [7, 11) is 0. The molecule has 0 aromatic heterocycles. The zero-order valence-corrected chi connectivity index (χ0v) is 7.76. The van der Waals surface area contributed by atoms with Crippen molar-refractivity contribution in [3.63, 3.8) is 0 Å². The maximum Gasteiger partial charge on any atom is 0.151 e. The Labute approximate surface area is 68.3 Å². The number of hydrogen-bond acceptors (Lipinski definition) is 3. The van der Waals surface area contributed by atoms with E-state index in [4.69, 9.17) is 14.6 Å². The summed E-state index contributed by atoms with van der Waals surface area (Å²) < 4.78 is 10.2. The van der Waals surface area contributed by atoms with Crippen LogP contribution >= 0.6 is 0 Å². The Morgan fingerprint density at radius 2 is 1.82 bits per heavy atom. The highest BCUT2D eigenvalue weighted by Gasteiger charge is 2.09. The highest BCUT2D eigenvalue weighted by atomic mass is 16.6. The quantitative estimate of drug-likeness (QED) is 0.498. The first-order valence-corrected chi connectivity index (χ1v) is 3.85. The van der Waals surface area contributed by atoms with Gasteiger partial charge in [0.25, 0.3) is 0 Å². The molecule has 3 heteroatoms. The first kappa shape index (κ1) is 10.9. The largest absolute Gasteiger partial charge is 0.373 e. The fraction of sp³-hybridized carbons (Fsp3) is 1.00. The van der Waals surface area contributed by atoms with Crippen molar-refractivity contribution in [1.82, 2.24) is 0 Å². The lowest BCUT2D eigenvalue weighted by Crippen LogP contribution is -2.23. The fourth-order valence-corrected chi connectivity index (χ4v) is 0.567. The smallest absolute Gasteiger partial charge is 0.151 e. The molecule has 0 aromatic rings. The SMILES string of the molecule is CC(O)OCCOC(C)(C)C. The van der Waals surface area contributed by atoms with Crippen molar-refractivity contribution >= 4 is 0 Å². The third-order valence-electron chi connectivity index (χ3n) is 0.977. The van der Waals surface area contributed by atoms with Crippen molar-refractivity contribution in [2.75, 3.05) is 13.2 Å². The van der Waals surface area contributed by atoms with Crippen LogP contribution in [0.25, 0.3) is 0 Å². The van der Waals surface area contributed by atoms with Crippen LogP contribution in [0.2, 0.25) is 0 Å². The van der Waals surface area contributed by atoms with Gasteiger partial charge in [-0.25, -0.2) is 0 Å². The van der Waals surface area contributed by atoms with Crippen molar-refractivity contribution < 1.29 is 14.6 Å². The van der Waals surface area contributed by atoms with Crippen LogP contribution in [-0.2, 0) is 9.47 Å². The monoisotopic (exact) mass is 162 g/mol.